The molecule has 2 rings (SSSR count). The van der Waals surface area contributed by atoms with E-state index in [4.69, 9.17) is 5.26 Å². The predicted molar refractivity (Wildman–Crippen MR) is 37.4 cm³/mol. The molecule has 0 saturated heterocycles. The van der Waals surface area contributed by atoms with E-state index in [-0.39, 0.29) is 0 Å². The van der Waals surface area contributed by atoms with Crippen LogP contribution in [0.25, 0.3) is 11.0 Å². The number of hydrogen-bond acceptors (Lipinski definition) is 2. The summed E-state index contributed by atoms with van der Waals surface area (Å²) in [6.07, 6.45) is 4.96. The van der Waals surface area contributed by atoms with Gasteiger partial charge < -0.3 is 4.98 Å². The molecular formula is C7H5N4+. The van der Waals surface area contributed by atoms with Crippen LogP contribution in [0.2, 0.25) is 0 Å². The molecule has 52 valence electrons. The Hall–Kier alpha value is -1.89. The van der Waals surface area contributed by atoms with Crippen LogP contribution in [0.1, 0.15) is 5.56 Å². The number of nitrogens with one attached hydrogen (secondary N) is 2. The number of H-pyrrole nitrogens is 2. The fourth-order valence-electron chi connectivity index (χ4n) is 0.991. The molecule has 0 spiro atoms. The first-order chi connectivity index (χ1) is 5.42. The lowest BCUT2D eigenvalue weighted by molar-refractivity contribution is -0.380. The molecule has 0 atom stereocenters. The third-order valence-electron chi connectivity index (χ3n) is 1.51. The Morgan fingerprint density at radius 2 is 2.55 bits per heavy atom. The average molecular weight is 145 g/mol. The van der Waals surface area contributed by atoms with Crippen molar-refractivity contribution in [2.45, 2.75) is 0 Å². The van der Waals surface area contributed by atoms with Crippen LogP contribution in [-0.2, 0) is 0 Å². The molecule has 0 aliphatic carbocycles. The quantitative estimate of drug-likeness (QED) is 0.577. The molecule has 0 aliphatic rings. The van der Waals surface area contributed by atoms with Gasteiger partial charge in [-0.15, -0.1) is 0 Å². The lowest BCUT2D eigenvalue weighted by Gasteiger charge is -1.77. The minimum Gasteiger partial charge on any atom is -0.324 e. The first-order valence-electron chi connectivity index (χ1n) is 3.15. The van der Waals surface area contributed by atoms with Gasteiger partial charge in [-0.2, -0.15) is 5.26 Å². The second-order valence-electron chi connectivity index (χ2n) is 2.15. The molecule has 2 heterocycles. The van der Waals surface area contributed by atoms with Crippen molar-refractivity contribution in [1.82, 2.24) is 9.97 Å². The maximum Gasteiger partial charge on any atom is 0.286 e. The second-order valence-corrected chi connectivity index (χ2v) is 2.15. The SMILES string of the molecule is N#Cc1c[nH]c2nc[nH+]cc12. The Morgan fingerprint density at radius 1 is 1.64 bits per heavy atom. The third kappa shape index (κ3) is 0.749. The predicted octanol–water partition coefficient (Wildman–Crippen LogP) is 0.249. The van der Waals surface area contributed by atoms with Crippen molar-refractivity contribution in [3.05, 3.63) is 24.3 Å². The van der Waals surface area contributed by atoms with Crippen molar-refractivity contribution in [2.75, 3.05) is 0 Å². The Bertz CT molecular complexity index is 423. The molecule has 0 radical (unpaired) electrons. The van der Waals surface area contributed by atoms with Crippen LogP contribution in [0.3, 0.4) is 0 Å². The Kier molecular flexibility index (Phi) is 1.10. The first kappa shape index (κ1) is 5.86. The number of hydrogen-bond donors (Lipinski definition) is 1. The van der Waals surface area contributed by atoms with Crippen molar-refractivity contribution in [2.24, 2.45) is 0 Å². The van der Waals surface area contributed by atoms with Crippen LogP contribution >= 0.6 is 0 Å². The average Bonchev–Trinajstić information content (AvgIpc) is 2.47. The molecule has 4 nitrogen and oxygen atoms in total. The summed E-state index contributed by atoms with van der Waals surface area (Å²) >= 11 is 0. The molecule has 2 aromatic heterocycles. The van der Waals surface area contributed by atoms with Crippen molar-refractivity contribution < 1.29 is 4.98 Å². The highest BCUT2D eigenvalue weighted by atomic mass is 14.9. The summed E-state index contributed by atoms with van der Waals surface area (Å²) in [6, 6.07) is 2.06. The van der Waals surface area contributed by atoms with Crippen molar-refractivity contribution in [3.8, 4) is 6.07 Å². The van der Waals surface area contributed by atoms with E-state index in [1.165, 1.54) is 0 Å². The molecule has 0 unspecified atom stereocenters. The second kappa shape index (κ2) is 2.06. The highest BCUT2D eigenvalue weighted by Crippen LogP contribution is 2.10. The smallest absolute Gasteiger partial charge is 0.286 e. The first-order valence-corrected chi connectivity index (χ1v) is 3.15. The van der Waals surface area contributed by atoms with Gasteiger partial charge >= 0.3 is 0 Å². The van der Waals surface area contributed by atoms with Crippen LogP contribution < -0.4 is 4.98 Å². The summed E-state index contributed by atoms with van der Waals surface area (Å²) in [7, 11) is 0. The number of nitriles is 1. The van der Waals surface area contributed by atoms with Gasteiger partial charge in [0.1, 0.15) is 17.7 Å². The molecule has 0 bridgehead atoms. The molecule has 0 aliphatic heterocycles. The largest absolute Gasteiger partial charge is 0.324 e. The minimum absolute atomic E-state index is 0.615. The van der Waals surface area contributed by atoms with Crippen LogP contribution in [0, 0.1) is 11.3 Å². The molecule has 0 saturated carbocycles. The Labute approximate surface area is 62.5 Å². The van der Waals surface area contributed by atoms with Gasteiger partial charge in [0.25, 0.3) is 12.0 Å². The zero-order valence-electron chi connectivity index (χ0n) is 5.63. The molecule has 2 N–H and O–H groups in total. The molecule has 4 heteroatoms. The fraction of sp³-hybridized carbons (Fsp3) is 0. The lowest BCUT2D eigenvalue weighted by Crippen LogP contribution is -1.99. The Morgan fingerprint density at radius 3 is 3.36 bits per heavy atom. The van der Waals surface area contributed by atoms with E-state index in [0.29, 0.717) is 5.56 Å². The van der Waals surface area contributed by atoms with Crippen LogP contribution in [0.5, 0.6) is 0 Å². The number of nitrogens with zero attached hydrogens (tertiary/aromatic N) is 2. The van der Waals surface area contributed by atoms with Crippen LogP contribution in [0.15, 0.2) is 18.7 Å². The number of aromatic nitrogens is 3. The van der Waals surface area contributed by atoms with Crippen molar-refractivity contribution in [3.63, 3.8) is 0 Å². The van der Waals surface area contributed by atoms with Gasteiger partial charge in [-0.3, -0.25) is 0 Å². The molecular weight excluding hydrogens is 140 g/mol. The molecule has 0 fully saturated rings. The minimum atomic E-state index is 0.615. The summed E-state index contributed by atoms with van der Waals surface area (Å²) in [6.45, 7) is 0. The maximum absolute atomic E-state index is 8.61. The molecule has 0 amide bonds. The van der Waals surface area contributed by atoms with Crippen molar-refractivity contribution in [1.29, 1.82) is 5.26 Å². The lowest BCUT2D eigenvalue weighted by atomic mass is 10.3. The zero-order chi connectivity index (χ0) is 7.68. The molecule has 0 aromatic carbocycles. The Balaban J connectivity index is 2.89. The molecule has 11 heavy (non-hydrogen) atoms. The van der Waals surface area contributed by atoms with Gasteiger partial charge in [-0.05, 0) is 4.98 Å². The fourth-order valence-corrected chi connectivity index (χ4v) is 0.991. The van der Waals surface area contributed by atoms with Crippen LogP contribution in [0.4, 0.5) is 0 Å². The summed E-state index contributed by atoms with van der Waals surface area (Å²) in [5, 5.41) is 9.44. The summed E-state index contributed by atoms with van der Waals surface area (Å²) in [5.74, 6) is 0. The van der Waals surface area contributed by atoms with E-state index in [0.717, 1.165) is 11.0 Å². The van der Waals surface area contributed by atoms with Gasteiger partial charge in [0.2, 0.25) is 0 Å². The molecule has 2 aromatic rings. The van der Waals surface area contributed by atoms with E-state index in [9.17, 15) is 0 Å². The number of rotatable bonds is 0. The topological polar surface area (TPSA) is 66.6 Å². The van der Waals surface area contributed by atoms with Gasteiger partial charge in [0.15, 0.2) is 0 Å². The van der Waals surface area contributed by atoms with Gasteiger partial charge in [0.05, 0.1) is 5.56 Å². The van der Waals surface area contributed by atoms with E-state index in [1.807, 2.05) is 0 Å². The van der Waals surface area contributed by atoms with Crippen LogP contribution in [-0.4, -0.2) is 9.97 Å². The van der Waals surface area contributed by atoms with Crippen molar-refractivity contribution >= 4 is 11.0 Å². The normalized spacial score (nSPS) is 9.73. The van der Waals surface area contributed by atoms with E-state index in [2.05, 4.69) is 21.0 Å². The number of aromatic amines is 2. The summed E-state index contributed by atoms with van der Waals surface area (Å²) in [5.41, 5.74) is 1.35. The third-order valence-corrected chi connectivity index (χ3v) is 1.51. The number of fused-ring (bicyclic) bond motifs is 1. The monoisotopic (exact) mass is 145 g/mol. The summed E-state index contributed by atoms with van der Waals surface area (Å²) in [4.78, 5) is 9.69. The standard InChI is InChI=1S/C7H4N4/c8-1-5-2-10-7-6(5)3-9-4-11-7/h2-4H,(H,9,10,11)/p+1. The van der Waals surface area contributed by atoms with E-state index >= 15 is 0 Å². The zero-order valence-corrected chi connectivity index (χ0v) is 5.63. The summed E-state index contributed by atoms with van der Waals surface area (Å²) < 4.78 is 0. The highest BCUT2D eigenvalue weighted by molar-refractivity contribution is 5.80. The van der Waals surface area contributed by atoms with Gasteiger partial charge in [0, 0.05) is 6.20 Å². The van der Waals surface area contributed by atoms with E-state index < -0.39 is 0 Å². The van der Waals surface area contributed by atoms with Gasteiger partial charge in [-0.25, -0.2) is 4.98 Å². The van der Waals surface area contributed by atoms with Gasteiger partial charge in [-0.1, -0.05) is 0 Å². The highest BCUT2D eigenvalue weighted by Gasteiger charge is 2.06. The maximum atomic E-state index is 8.61. The van der Waals surface area contributed by atoms with E-state index in [1.54, 1.807) is 18.7 Å².